The van der Waals surface area contributed by atoms with E-state index in [9.17, 15) is 14.7 Å². The summed E-state index contributed by atoms with van der Waals surface area (Å²) in [5.74, 6) is -0.941. The number of nitrogens with zero attached hydrogens (tertiary/aromatic N) is 2. The summed E-state index contributed by atoms with van der Waals surface area (Å²) in [5, 5.41) is 14.5. The minimum Gasteiger partial charge on any atom is -0.481 e. The van der Waals surface area contributed by atoms with Gasteiger partial charge in [0.25, 0.3) is 0 Å². The third-order valence-corrected chi connectivity index (χ3v) is 9.30. The molecule has 7 heteroatoms. The molecule has 2 heterocycles. The molecule has 0 unspecified atom stereocenters. The molecule has 1 aromatic heterocycles. The zero-order valence-electron chi connectivity index (χ0n) is 26.0. The van der Waals surface area contributed by atoms with Gasteiger partial charge in [-0.3, -0.25) is 4.79 Å². The largest absolute Gasteiger partial charge is 0.481 e. The van der Waals surface area contributed by atoms with E-state index in [-0.39, 0.29) is 23.8 Å². The number of amides is 1. The lowest BCUT2D eigenvalue weighted by Crippen LogP contribution is -2.49. The van der Waals surface area contributed by atoms with Gasteiger partial charge < -0.3 is 20.1 Å². The van der Waals surface area contributed by atoms with Crippen LogP contribution in [-0.4, -0.2) is 46.1 Å². The zero-order valence-corrected chi connectivity index (χ0v) is 26.0. The van der Waals surface area contributed by atoms with Crippen LogP contribution in [-0.2, 0) is 16.1 Å². The fraction of sp³-hybridized carbons (Fsp3) is 0.472. The number of hydrogen-bond acceptors (Lipinski definition) is 5. The molecule has 7 nitrogen and oxygen atoms in total. The fourth-order valence-corrected chi connectivity index (χ4v) is 7.23. The van der Waals surface area contributed by atoms with E-state index < -0.39 is 23.5 Å². The van der Waals surface area contributed by atoms with Gasteiger partial charge in [0.15, 0.2) is 0 Å². The van der Waals surface area contributed by atoms with E-state index in [1.165, 1.54) is 5.56 Å². The Hall–Kier alpha value is -3.71. The van der Waals surface area contributed by atoms with Gasteiger partial charge in [-0.2, -0.15) is 0 Å². The standard InChI is InChI=1S/C36H45N3O4/c1-23-16-18-24(19-17-23)27-20-28(33(43-5)38-21-27)22-37-30-29(36(2,3)4)32(35(41)42)39(31(30)25-12-8-6-9-13-25)34(40)26-14-10-7-11-15-26/h6,8-9,12-13,16-21,26,29-32,37H,7,10-11,14-15,22H2,1-5H3,(H,41,42)/t29-,30-,31-,32-/m0/s1. The summed E-state index contributed by atoms with van der Waals surface area (Å²) >= 11 is 0. The van der Waals surface area contributed by atoms with Crippen LogP contribution in [0.25, 0.3) is 11.1 Å². The number of carboxylic acids is 1. The van der Waals surface area contributed by atoms with Crippen LogP contribution >= 0.6 is 0 Å². The van der Waals surface area contributed by atoms with Gasteiger partial charge in [0.2, 0.25) is 11.8 Å². The summed E-state index contributed by atoms with van der Waals surface area (Å²) < 4.78 is 5.66. The number of pyridine rings is 1. The first-order valence-corrected chi connectivity index (χ1v) is 15.5. The fourth-order valence-electron chi connectivity index (χ4n) is 7.23. The smallest absolute Gasteiger partial charge is 0.326 e. The highest BCUT2D eigenvalue weighted by Gasteiger charge is 2.58. The average Bonchev–Trinajstić information content (AvgIpc) is 3.37. The van der Waals surface area contributed by atoms with Crippen LogP contribution in [0.1, 0.15) is 75.6 Å². The molecule has 1 saturated heterocycles. The summed E-state index contributed by atoms with van der Waals surface area (Å²) in [6, 6.07) is 18.6. The van der Waals surface area contributed by atoms with E-state index in [2.05, 4.69) is 68.3 Å². The second kappa shape index (κ2) is 12.9. The van der Waals surface area contributed by atoms with E-state index >= 15 is 0 Å². The summed E-state index contributed by atoms with van der Waals surface area (Å²) in [4.78, 5) is 33.8. The molecule has 0 spiro atoms. The Morgan fingerprint density at radius 2 is 1.67 bits per heavy atom. The number of likely N-dealkylation sites (tertiary alicyclic amines) is 1. The van der Waals surface area contributed by atoms with Crippen molar-refractivity contribution in [3.63, 3.8) is 0 Å². The van der Waals surface area contributed by atoms with Gasteiger partial charge in [0, 0.05) is 41.7 Å². The van der Waals surface area contributed by atoms with Gasteiger partial charge in [-0.05, 0) is 42.4 Å². The van der Waals surface area contributed by atoms with Crippen molar-refractivity contribution in [3.05, 3.63) is 83.6 Å². The van der Waals surface area contributed by atoms with Crippen LogP contribution in [0.2, 0.25) is 0 Å². The quantitative estimate of drug-likeness (QED) is 0.303. The third-order valence-electron chi connectivity index (χ3n) is 9.30. The molecule has 1 saturated carbocycles. The van der Waals surface area contributed by atoms with Gasteiger partial charge >= 0.3 is 5.97 Å². The van der Waals surface area contributed by atoms with Crippen molar-refractivity contribution in [2.75, 3.05) is 7.11 Å². The average molecular weight is 584 g/mol. The predicted molar refractivity (Wildman–Crippen MR) is 169 cm³/mol. The molecule has 228 valence electrons. The Morgan fingerprint density at radius 1 is 1.00 bits per heavy atom. The normalized spacial score (nSPS) is 22.9. The van der Waals surface area contributed by atoms with Crippen LogP contribution in [0.5, 0.6) is 5.88 Å². The molecule has 43 heavy (non-hydrogen) atoms. The van der Waals surface area contributed by atoms with Crippen LogP contribution in [0.4, 0.5) is 0 Å². The second-order valence-electron chi connectivity index (χ2n) is 13.3. The molecule has 2 N–H and O–H groups in total. The van der Waals surface area contributed by atoms with Crippen molar-refractivity contribution < 1.29 is 19.4 Å². The van der Waals surface area contributed by atoms with Gasteiger partial charge in [0.05, 0.1) is 13.2 Å². The first-order chi connectivity index (χ1) is 20.6. The number of aryl methyl sites for hydroxylation is 1. The summed E-state index contributed by atoms with van der Waals surface area (Å²) in [6.45, 7) is 8.72. The number of ether oxygens (including phenoxy) is 1. The predicted octanol–water partition coefficient (Wildman–Crippen LogP) is 6.80. The van der Waals surface area contributed by atoms with E-state index in [4.69, 9.17) is 4.74 Å². The molecule has 2 aliphatic rings. The number of aliphatic carboxylic acids is 1. The Morgan fingerprint density at radius 3 is 2.28 bits per heavy atom. The number of rotatable bonds is 8. The van der Waals surface area contributed by atoms with Crippen LogP contribution in [0.3, 0.4) is 0 Å². The highest BCUT2D eigenvalue weighted by atomic mass is 16.5. The molecular formula is C36H45N3O4. The molecule has 1 aliphatic carbocycles. The lowest BCUT2D eigenvalue weighted by Gasteiger charge is -2.36. The van der Waals surface area contributed by atoms with Gasteiger partial charge in [-0.15, -0.1) is 0 Å². The van der Waals surface area contributed by atoms with Gasteiger partial charge in [-0.1, -0.05) is 100 Å². The number of hydrogen-bond donors (Lipinski definition) is 2. The molecule has 3 aromatic rings. The highest BCUT2D eigenvalue weighted by molar-refractivity contribution is 5.87. The van der Waals surface area contributed by atoms with E-state index in [0.717, 1.165) is 54.4 Å². The van der Waals surface area contributed by atoms with Crippen molar-refractivity contribution in [1.82, 2.24) is 15.2 Å². The SMILES string of the molecule is COc1ncc(-c2ccc(C)cc2)cc1CN[C@H]1[C@H](C(C)(C)C)[C@@H](C(=O)O)N(C(=O)C2CCCCC2)[C@H]1c1ccccc1. The molecule has 2 fully saturated rings. The second-order valence-corrected chi connectivity index (χ2v) is 13.3. The molecule has 0 bridgehead atoms. The zero-order chi connectivity index (χ0) is 30.7. The number of carbonyl (C=O) groups excluding carboxylic acids is 1. The Bertz CT molecular complexity index is 1410. The number of nitrogens with one attached hydrogen (secondary N) is 1. The van der Waals surface area contributed by atoms with Crippen molar-refractivity contribution in [2.45, 2.75) is 84.5 Å². The number of carbonyl (C=O) groups is 2. The minimum atomic E-state index is -0.949. The molecule has 1 aliphatic heterocycles. The van der Waals surface area contributed by atoms with Crippen LogP contribution in [0.15, 0.2) is 66.9 Å². The van der Waals surface area contributed by atoms with Crippen LogP contribution < -0.4 is 10.1 Å². The maximum Gasteiger partial charge on any atom is 0.326 e. The van der Waals surface area contributed by atoms with E-state index in [1.807, 2.05) is 36.5 Å². The van der Waals surface area contributed by atoms with E-state index in [0.29, 0.717) is 12.4 Å². The van der Waals surface area contributed by atoms with Gasteiger partial charge in [0.1, 0.15) is 6.04 Å². The number of methoxy groups -OCH3 is 1. The third kappa shape index (κ3) is 6.47. The molecule has 1 amide bonds. The molecule has 2 aromatic carbocycles. The van der Waals surface area contributed by atoms with Crippen molar-refractivity contribution >= 4 is 11.9 Å². The molecule has 5 rings (SSSR count). The highest BCUT2D eigenvalue weighted by Crippen LogP contribution is 2.49. The first-order valence-electron chi connectivity index (χ1n) is 15.5. The lowest BCUT2D eigenvalue weighted by atomic mass is 9.72. The topological polar surface area (TPSA) is 91.8 Å². The number of carboxylic acid groups (broad SMARTS) is 1. The van der Waals surface area contributed by atoms with E-state index in [1.54, 1.807) is 12.0 Å². The Balaban J connectivity index is 1.56. The van der Waals surface area contributed by atoms with Crippen molar-refractivity contribution in [1.29, 1.82) is 0 Å². The summed E-state index contributed by atoms with van der Waals surface area (Å²) in [7, 11) is 1.61. The van der Waals surface area contributed by atoms with Gasteiger partial charge in [-0.25, -0.2) is 9.78 Å². The Labute approximate surface area is 255 Å². The Kier molecular flexibility index (Phi) is 9.21. The van der Waals surface area contributed by atoms with Crippen LogP contribution in [0, 0.1) is 24.2 Å². The molecule has 0 radical (unpaired) electrons. The maximum atomic E-state index is 14.3. The monoisotopic (exact) mass is 583 g/mol. The maximum absolute atomic E-state index is 14.3. The number of aromatic nitrogens is 1. The summed E-state index contributed by atoms with van der Waals surface area (Å²) in [5.41, 5.74) is 4.65. The summed E-state index contributed by atoms with van der Waals surface area (Å²) in [6.07, 6.45) is 6.59. The number of benzene rings is 2. The lowest BCUT2D eigenvalue weighted by molar-refractivity contribution is -0.154. The minimum absolute atomic E-state index is 0.0277. The van der Waals surface area contributed by atoms with Crippen molar-refractivity contribution in [3.8, 4) is 17.0 Å². The molecular weight excluding hydrogens is 538 g/mol. The first kappa shape index (κ1) is 30.7. The van der Waals surface area contributed by atoms with Crippen molar-refractivity contribution in [2.24, 2.45) is 17.3 Å². The molecule has 4 atom stereocenters.